The molecule has 0 spiro atoms. The summed E-state index contributed by atoms with van der Waals surface area (Å²) in [5.74, 6) is -0.989. The summed E-state index contributed by atoms with van der Waals surface area (Å²) < 4.78 is 5.01. The first kappa shape index (κ1) is 21.0. The number of nitro groups is 1. The lowest BCUT2D eigenvalue weighted by molar-refractivity contribution is -0.385. The van der Waals surface area contributed by atoms with Crippen molar-refractivity contribution in [2.45, 2.75) is 13.8 Å². The molecule has 2 amide bonds. The molecule has 8 heteroatoms. The first-order valence-corrected chi connectivity index (χ1v) is 8.72. The maximum absolute atomic E-state index is 12.9. The van der Waals surface area contributed by atoms with Crippen molar-refractivity contribution in [3.63, 3.8) is 0 Å². The number of anilines is 1. The maximum Gasteiger partial charge on any atom is 0.282 e. The Kier molecular flexibility index (Phi) is 7.22. The van der Waals surface area contributed by atoms with Crippen molar-refractivity contribution < 1.29 is 19.2 Å². The first-order chi connectivity index (χ1) is 13.3. The van der Waals surface area contributed by atoms with Crippen LogP contribution in [0.25, 0.3) is 0 Å². The Bertz CT molecular complexity index is 882. The molecule has 0 saturated heterocycles. The fourth-order valence-corrected chi connectivity index (χ4v) is 2.69. The van der Waals surface area contributed by atoms with Gasteiger partial charge in [0.15, 0.2) is 0 Å². The Morgan fingerprint density at radius 3 is 2.54 bits per heavy atom. The topological polar surface area (TPSA) is 102 Å². The van der Waals surface area contributed by atoms with E-state index in [1.807, 2.05) is 26.0 Å². The highest BCUT2D eigenvalue weighted by Gasteiger charge is 2.25. The van der Waals surface area contributed by atoms with Crippen LogP contribution >= 0.6 is 0 Å². The second-order valence-electron chi connectivity index (χ2n) is 6.29. The van der Waals surface area contributed by atoms with Crippen LogP contribution in [0, 0.1) is 24.0 Å². The van der Waals surface area contributed by atoms with Gasteiger partial charge in [-0.15, -0.1) is 0 Å². The van der Waals surface area contributed by atoms with Gasteiger partial charge in [-0.2, -0.15) is 0 Å². The minimum atomic E-state index is -0.613. The number of methoxy groups -OCH3 is 1. The normalized spacial score (nSPS) is 10.4. The van der Waals surface area contributed by atoms with Gasteiger partial charge >= 0.3 is 0 Å². The van der Waals surface area contributed by atoms with E-state index in [2.05, 4.69) is 5.32 Å². The molecule has 0 unspecified atom stereocenters. The smallest absolute Gasteiger partial charge is 0.282 e. The molecule has 0 heterocycles. The Morgan fingerprint density at radius 1 is 1.14 bits per heavy atom. The average Bonchev–Trinajstić information content (AvgIpc) is 2.68. The van der Waals surface area contributed by atoms with Gasteiger partial charge < -0.3 is 15.0 Å². The van der Waals surface area contributed by atoms with Crippen molar-refractivity contribution in [3.8, 4) is 0 Å². The number of ether oxygens (including phenoxy) is 1. The van der Waals surface area contributed by atoms with E-state index in [0.29, 0.717) is 5.69 Å². The predicted octanol–water partition coefficient (Wildman–Crippen LogP) is 2.94. The molecule has 148 valence electrons. The molecule has 0 radical (unpaired) electrons. The number of carbonyl (C=O) groups excluding carboxylic acids is 2. The van der Waals surface area contributed by atoms with Crippen LogP contribution in [0.4, 0.5) is 11.4 Å². The van der Waals surface area contributed by atoms with Crippen LogP contribution in [0.5, 0.6) is 0 Å². The summed E-state index contributed by atoms with van der Waals surface area (Å²) in [5.41, 5.74) is 2.26. The van der Waals surface area contributed by atoms with E-state index in [0.717, 1.165) is 11.1 Å². The number of rotatable bonds is 8. The molecule has 0 saturated carbocycles. The molecule has 0 aromatic heterocycles. The van der Waals surface area contributed by atoms with E-state index in [1.54, 1.807) is 12.1 Å². The van der Waals surface area contributed by atoms with Gasteiger partial charge in [0.05, 0.1) is 11.5 Å². The number of nitrogens with one attached hydrogen (secondary N) is 1. The van der Waals surface area contributed by atoms with Crippen LogP contribution in [0.2, 0.25) is 0 Å². The number of para-hydroxylation sites is 1. The zero-order valence-electron chi connectivity index (χ0n) is 16.1. The van der Waals surface area contributed by atoms with Crippen molar-refractivity contribution in [1.29, 1.82) is 0 Å². The highest BCUT2D eigenvalue weighted by molar-refractivity contribution is 6.01. The Balaban J connectivity index is 2.21. The summed E-state index contributed by atoms with van der Waals surface area (Å²) in [4.78, 5) is 37.3. The average molecular weight is 385 g/mol. The van der Waals surface area contributed by atoms with Gasteiger partial charge in [0.1, 0.15) is 12.1 Å². The molecule has 1 N–H and O–H groups in total. The standard InChI is InChI=1S/C20H23N3O5/c1-14-7-6-9-17(15(14)2)21-19(24)13-22(11-12-28-3)20(25)16-8-4-5-10-18(16)23(26)27/h4-10H,11-13H2,1-3H3,(H,21,24). The molecular formula is C20H23N3O5. The Morgan fingerprint density at radius 2 is 1.86 bits per heavy atom. The van der Waals surface area contributed by atoms with Gasteiger partial charge in [-0.05, 0) is 37.1 Å². The van der Waals surface area contributed by atoms with Crippen molar-refractivity contribution in [2.75, 3.05) is 32.1 Å². The van der Waals surface area contributed by atoms with Gasteiger partial charge in [-0.3, -0.25) is 19.7 Å². The lowest BCUT2D eigenvalue weighted by Gasteiger charge is -2.22. The molecule has 0 fully saturated rings. The van der Waals surface area contributed by atoms with Gasteiger partial charge in [0, 0.05) is 25.4 Å². The largest absolute Gasteiger partial charge is 0.383 e. The zero-order chi connectivity index (χ0) is 20.7. The minimum absolute atomic E-state index is 0.0665. The fourth-order valence-electron chi connectivity index (χ4n) is 2.69. The van der Waals surface area contributed by atoms with Crippen molar-refractivity contribution >= 4 is 23.2 Å². The summed E-state index contributed by atoms with van der Waals surface area (Å²) >= 11 is 0. The monoisotopic (exact) mass is 385 g/mol. The van der Waals surface area contributed by atoms with Crippen LogP contribution < -0.4 is 5.32 Å². The molecule has 28 heavy (non-hydrogen) atoms. The first-order valence-electron chi connectivity index (χ1n) is 8.72. The van der Waals surface area contributed by atoms with Crippen molar-refractivity contribution in [2.24, 2.45) is 0 Å². The van der Waals surface area contributed by atoms with E-state index >= 15 is 0 Å². The SMILES string of the molecule is COCCN(CC(=O)Nc1cccc(C)c1C)C(=O)c1ccccc1[N+](=O)[O-]. The van der Waals surface area contributed by atoms with Gasteiger partial charge in [0.25, 0.3) is 11.6 Å². The number of aryl methyl sites for hydroxylation is 1. The van der Waals surface area contributed by atoms with Gasteiger partial charge in [-0.25, -0.2) is 0 Å². The maximum atomic E-state index is 12.9. The van der Waals surface area contributed by atoms with E-state index < -0.39 is 16.7 Å². The highest BCUT2D eigenvalue weighted by Crippen LogP contribution is 2.20. The molecule has 2 rings (SSSR count). The third-order valence-corrected chi connectivity index (χ3v) is 4.40. The van der Waals surface area contributed by atoms with Gasteiger partial charge in [0.2, 0.25) is 5.91 Å². The van der Waals surface area contributed by atoms with Crippen LogP contribution in [-0.2, 0) is 9.53 Å². The summed E-state index contributed by atoms with van der Waals surface area (Å²) in [6, 6.07) is 11.2. The van der Waals surface area contributed by atoms with Crippen molar-refractivity contribution in [3.05, 3.63) is 69.3 Å². The Hall–Kier alpha value is -3.26. The quantitative estimate of drug-likeness (QED) is 0.556. The molecule has 0 bridgehead atoms. The zero-order valence-corrected chi connectivity index (χ0v) is 16.1. The molecule has 0 aliphatic rings. The highest BCUT2D eigenvalue weighted by atomic mass is 16.6. The molecule has 0 aliphatic carbocycles. The van der Waals surface area contributed by atoms with Crippen LogP contribution in [-0.4, -0.2) is 48.4 Å². The van der Waals surface area contributed by atoms with E-state index in [-0.39, 0.29) is 30.9 Å². The number of benzene rings is 2. The van der Waals surface area contributed by atoms with Crippen LogP contribution in [0.15, 0.2) is 42.5 Å². The summed E-state index contributed by atoms with van der Waals surface area (Å²) in [6.07, 6.45) is 0. The third-order valence-electron chi connectivity index (χ3n) is 4.40. The predicted molar refractivity (Wildman–Crippen MR) is 105 cm³/mol. The van der Waals surface area contributed by atoms with Crippen molar-refractivity contribution in [1.82, 2.24) is 4.90 Å². The Labute approximate surface area is 163 Å². The minimum Gasteiger partial charge on any atom is -0.383 e. The molecule has 2 aromatic carbocycles. The third kappa shape index (κ3) is 5.14. The number of carbonyl (C=O) groups is 2. The van der Waals surface area contributed by atoms with Gasteiger partial charge in [-0.1, -0.05) is 24.3 Å². The van der Waals surface area contributed by atoms with E-state index in [1.165, 1.54) is 30.2 Å². The fraction of sp³-hybridized carbons (Fsp3) is 0.300. The molecule has 0 atom stereocenters. The molecule has 8 nitrogen and oxygen atoms in total. The molecular weight excluding hydrogens is 362 g/mol. The van der Waals surface area contributed by atoms with Crippen LogP contribution in [0.3, 0.4) is 0 Å². The second-order valence-corrected chi connectivity index (χ2v) is 6.29. The number of nitro benzene ring substituents is 1. The van der Waals surface area contributed by atoms with Crippen LogP contribution in [0.1, 0.15) is 21.5 Å². The lowest BCUT2D eigenvalue weighted by atomic mass is 10.1. The number of amides is 2. The summed E-state index contributed by atoms with van der Waals surface area (Å²) in [6.45, 7) is 3.91. The number of nitrogens with zero attached hydrogens (tertiary/aromatic N) is 2. The number of hydrogen-bond acceptors (Lipinski definition) is 5. The van der Waals surface area contributed by atoms with E-state index in [4.69, 9.17) is 4.74 Å². The summed E-state index contributed by atoms with van der Waals surface area (Å²) in [5, 5.41) is 14.0. The number of hydrogen-bond donors (Lipinski definition) is 1. The van der Waals surface area contributed by atoms with E-state index in [9.17, 15) is 19.7 Å². The lowest BCUT2D eigenvalue weighted by Crippen LogP contribution is -2.40. The second kappa shape index (κ2) is 9.61. The molecule has 2 aromatic rings. The molecule has 0 aliphatic heterocycles. The summed E-state index contributed by atoms with van der Waals surface area (Å²) in [7, 11) is 1.48.